The van der Waals surface area contributed by atoms with Gasteiger partial charge in [0.25, 0.3) is 0 Å². The minimum atomic E-state index is 0.562. The number of fused-ring (bicyclic) bond motifs is 1. The lowest BCUT2D eigenvalue weighted by Crippen LogP contribution is -2.36. The molecule has 0 atom stereocenters. The van der Waals surface area contributed by atoms with Crippen LogP contribution in [0.5, 0.6) is 0 Å². The van der Waals surface area contributed by atoms with Gasteiger partial charge in [-0.05, 0) is 17.4 Å². The highest BCUT2D eigenvalue weighted by Crippen LogP contribution is 2.36. The fourth-order valence-corrected chi connectivity index (χ4v) is 2.49. The van der Waals surface area contributed by atoms with Crippen LogP contribution in [0.25, 0.3) is 10.8 Å². The van der Waals surface area contributed by atoms with Crippen molar-refractivity contribution in [2.24, 2.45) is 0 Å². The van der Waals surface area contributed by atoms with Gasteiger partial charge in [-0.2, -0.15) is 0 Å². The Morgan fingerprint density at radius 2 is 1.53 bits per heavy atom. The summed E-state index contributed by atoms with van der Waals surface area (Å²) in [5, 5.41) is 2.71. The molecular weight excluding hydrogens is 206 g/mol. The average Bonchev–Trinajstić information content (AvgIpc) is 2.26. The van der Waals surface area contributed by atoms with Gasteiger partial charge in [-0.1, -0.05) is 44.2 Å². The zero-order valence-corrected chi connectivity index (χ0v) is 11.5. The van der Waals surface area contributed by atoms with Gasteiger partial charge in [-0.15, -0.1) is 0 Å². The largest absolute Gasteiger partial charge is 0.298 e. The Kier molecular flexibility index (Phi) is 2.96. The second kappa shape index (κ2) is 4.15. The maximum Gasteiger partial charge on any atom is 0.143 e. The van der Waals surface area contributed by atoms with Gasteiger partial charge in [0.05, 0.1) is 21.1 Å². The minimum Gasteiger partial charge on any atom is -0.298 e. The van der Waals surface area contributed by atoms with E-state index in [1.54, 1.807) is 0 Å². The molecule has 0 N–H and O–H groups in total. The normalized spacial score (nSPS) is 12.4. The van der Waals surface area contributed by atoms with Crippen molar-refractivity contribution in [1.82, 2.24) is 4.48 Å². The van der Waals surface area contributed by atoms with Crippen molar-refractivity contribution in [3.05, 3.63) is 42.0 Å². The number of nitrogens with zero attached hydrogens (tertiary/aromatic N) is 1. The highest BCUT2D eigenvalue weighted by Gasteiger charge is 2.22. The van der Waals surface area contributed by atoms with E-state index < -0.39 is 0 Å². The van der Waals surface area contributed by atoms with Crippen LogP contribution in [-0.2, 0) is 0 Å². The molecule has 2 aromatic carbocycles. The third-order valence-corrected chi connectivity index (χ3v) is 3.22. The third-order valence-electron chi connectivity index (χ3n) is 3.22. The standard InChI is InChI=1S/C16H22N/c1-12(2)14-11-10-13-8-6-7-9-15(13)16(14)17(3,4)5/h6-12H,1-5H3/q+1. The van der Waals surface area contributed by atoms with E-state index >= 15 is 0 Å². The van der Waals surface area contributed by atoms with Crippen LogP contribution in [0, 0.1) is 0 Å². The predicted molar refractivity (Wildman–Crippen MR) is 77.6 cm³/mol. The maximum atomic E-state index is 2.28. The van der Waals surface area contributed by atoms with Gasteiger partial charge < -0.3 is 0 Å². The Morgan fingerprint density at radius 3 is 2.12 bits per heavy atom. The molecule has 0 spiro atoms. The van der Waals surface area contributed by atoms with Crippen LogP contribution in [0.4, 0.5) is 5.69 Å². The lowest BCUT2D eigenvalue weighted by Gasteiger charge is -2.28. The van der Waals surface area contributed by atoms with Gasteiger partial charge in [0.2, 0.25) is 0 Å². The summed E-state index contributed by atoms with van der Waals surface area (Å²) in [7, 11) is 6.73. The average molecular weight is 228 g/mol. The van der Waals surface area contributed by atoms with Crippen LogP contribution in [-0.4, -0.2) is 21.1 Å². The molecule has 2 rings (SSSR count). The van der Waals surface area contributed by atoms with Crippen LogP contribution in [0.3, 0.4) is 0 Å². The predicted octanol–water partition coefficient (Wildman–Crippen LogP) is 4.16. The van der Waals surface area contributed by atoms with Crippen molar-refractivity contribution in [3.63, 3.8) is 0 Å². The Bertz CT molecular complexity index is 533. The summed E-state index contributed by atoms with van der Waals surface area (Å²) < 4.78 is 0.870. The summed E-state index contributed by atoms with van der Waals surface area (Å²) in [5.74, 6) is 0.562. The van der Waals surface area contributed by atoms with Crippen LogP contribution in [0.1, 0.15) is 25.3 Å². The fourth-order valence-electron chi connectivity index (χ4n) is 2.49. The fraction of sp³-hybridized carbons (Fsp3) is 0.375. The first kappa shape index (κ1) is 12.1. The number of hydrogen-bond donors (Lipinski definition) is 0. The van der Waals surface area contributed by atoms with Gasteiger partial charge in [0, 0.05) is 10.9 Å². The molecule has 0 bridgehead atoms. The molecule has 0 aliphatic heterocycles. The van der Waals surface area contributed by atoms with Crippen LogP contribution >= 0.6 is 0 Å². The third kappa shape index (κ3) is 2.20. The molecule has 0 radical (unpaired) electrons. The number of rotatable bonds is 2. The van der Waals surface area contributed by atoms with Crippen molar-refractivity contribution >= 4 is 16.5 Å². The quantitative estimate of drug-likeness (QED) is 0.677. The highest BCUT2D eigenvalue weighted by molar-refractivity contribution is 5.95. The summed E-state index contributed by atoms with van der Waals surface area (Å²) in [6.07, 6.45) is 0. The first-order valence-electron chi connectivity index (χ1n) is 6.25. The lowest BCUT2D eigenvalue weighted by atomic mass is 9.95. The van der Waals surface area contributed by atoms with E-state index in [2.05, 4.69) is 71.4 Å². The van der Waals surface area contributed by atoms with Gasteiger partial charge in [-0.3, -0.25) is 4.48 Å². The van der Waals surface area contributed by atoms with Gasteiger partial charge in [0.1, 0.15) is 5.69 Å². The molecule has 1 heteroatoms. The second-order valence-corrected chi connectivity index (χ2v) is 5.89. The molecule has 0 aliphatic rings. The van der Waals surface area contributed by atoms with Crippen molar-refractivity contribution in [2.45, 2.75) is 19.8 Å². The summed E-state index contributed by atoms with van der Waals surface area (Å²) >= 11 is 0. The Hall–Kier alpha value is -1.34. The van der Waals surface area contributed by atoms with E-state index in [4.69, 9.17) is 0 Å². The van der Waals surface area contributed by atoms with Gasteiger partial charge in [-0.25, -0.2) is 0 Å². The molecule has 90 valence electrons. The molecule has 0 aromatic heterocycles. The van der Waals surface area contributed by atoms with Crippen LogP contribution in [0.15, 0.2) is 36.4 Å². The SMILES string of the molecule is CC(C)c1ccc2ccccc2c1[N+](C)(C)C. The van der Waals surface area contributed by atoms with E-state index in [1.165, 1.54) is 22.0 Å². The summed E-state index contributed by atoms with van der Waals surface area (Å²) in [6.45, 7) is 4.53. The van der Waals surface area contributed by atoms with Crippen molar-refractivity contribution in [3.8, 4) is 0 Å². The minimum absolute atomic E-state index is 0.562. The van der Waals surface area contributed by atoms with Crippen molar-refractivity contribution in [2.75, 3.05) is 21.1 Å². The molecule has 0 saturated heterocycles. The Morgan fingerprint density at radius 1 is 0.882 bits per heavy atom. The number of quaternary nitrogens is 1. The first-order chi connectivity index (χ1) is 7.91. The lowest BCUT2D eigenvalue weighted by molar-refractivity contribution is 0.484. The molecule has 1 nitrogen and oxygen atoms in total. The molecular formula is C16H22N+. The van der Waals surface area contributed by atoms with E-state index in [-0.39, 0.29) is 0 Å². The molecule has 0 heterocycles. The van der Waals surface area contributed by atoms with Crippen LogP contribution in [0.2, 0.25) is 0 Å². The van der Waals surface area contributed by atoms with Gasteiger partial charge >= 0.3 is 0 Å². The molecule has 17 heavy (non-hydrogen) atoms. The van der Waals surface area contributed by atoms with E-state index in [1.807, 2.05) is 0 Å². The van der Waals surface area contributed by atoms with E-state index in [9.17, 15) is 0 Å². The van der Waals surface area contributed by atoms with Crippen LogP contribution < -0.4 is 4.48 Å². The molecule has 0 unspecified atom stereocenters. The summed E-state index contributed by atoms with van der Waals surface area (Å²) in [6, 6.07) is 13.2. The number of hydrogen-bond acceptors (Lipinski definition) is 0. The zero-order chi connectivity index (χ0) is 12.6. The van der Waals surface area contributed by atoms with E-state index in [0.717, 1.165) is 4.48 Å². The molecule has 0 saturated carbocycles. The van der Waals surface area contributed by atoms with Crippen molar-refractivity contribution in [1.29, 1.82) is 0 Å². The molecule has 2 aromatic rings. The smallest absolute Gasteiger partial charge is 0.143 e. The topological polar surface area (TPSA) is 0 Å². The Labute approximate surface area is 104 Å². The molecule has 0 aliphatic carbocycles. The maximum absolute atomic E-state index is 2.28. The zero-order valence-electron chi connectivity index (χ0n) is 11.5. The number of benzene rings is 2. The summed E-state index contributed by atoms with van der Waals surface area (Å²) in [5.41, 5.74) is 2.90. The second-order valence-electron chi connectivity index (χ2n) is 5.89. The van der Waals surface area contributed by atoms with E-state index in [0.29, 0.717) is 5.92 Å². The van der Waals surface area contributed by atoms with Crippen molar-refractivity contribution < 1.29 is 0 Å². The monoisotopic (exact) mass is 228 g/mol. The highest BCUT2D eigenvalue weighted by atomic mass is 15.3. The Balaban J connectivity index is 2.85. The first-order valence-corrected chi connectivity index (χ1v) is 6.25. The summed E-state index contributed by atoms with van der Waals surface area (Å²) in [4.78, 5) is 0. The molecule has 0 fully saturated rings. The van der Waals surface area contributed by atoms with Gasteiger partial charge in [0.15, 0.2) is 0 Å². The molecule has 0 amide bonds.